The lowest BCUT2D eigenvalue weighted by Gasteiger charge is -2.02. The van der Waals surface area contributed by atoms with E-state index in [1.54, 1.807) is 6.07 Å². The summed E-state index contributed by atoms with van der Waals surface area (Å²) in [7, 11) is 0. The standard InChI is InChI=1S/C7H7N3S/c8-5-11-10-7-4-2-1-3-6(7)9/h1-4,10H,9H2. The SMILES string of the molecule is N#CSNc1ccccc1N. The summed E-state index contributed by atoms with van der Waals surface area (Å²) in [5, 5.41) is 10.1. The molecule has 3 N–H and O–H groups in total. The van der Waals surface area contributed by atoms with E-state index in [0.29, 0.717) is 5.69 Å². The molecule has 11 heavy (non-hydrogen) atoms. The van der Waals surface area contributed by atoms with E-state index in [9.17, 15) is 0 Å². The summed E-state index contributed by atoms with van der Waals surface area (Å²) in [5.41, 5.74) is 7.00. The lowest BCUT2D eigenvalue weighted by molar-refractivity contribution is 1.57. The van der Waals surface area contributed by atoms with Gasteiger partial charge in [0.1, 0.15) is 0 Å². The van der Waals surface area contributed by atoms with Crippen molar-refractivity contribution in [2.75, 3.05) is 10.5 Å². The highest BCUT2D eigenvalue weighted by Crippen LogP contribution is 2.19. The summed E-state index contributed by atoms with van der Waals surface area (Å²) in [6.07, 6.45) is 0. The summed E-state index contributed by atoms with van der Waals surface area (Å²) >= 11 is 0.951. The van der Waals surface area contributed by atoms with Gasteiger partial charge in [-0.25, -0.2) is 0 Å². The largest absolute Gasteiger partial charge is 0.397 e. The Morgan fingerprint density at radius 1 is 1.45 bits per heavy atom. The van der Waals surface area contributed by atoms with Crippen molar-refractivity contribution in [3.05, 3.63) is 24.3 Å². The van der Waals surface area contributed by atoms with Gasteiger partial charge in [-0.1, -0.05) is 12.1 Å². The highest BCUT2D eigenvalue weighted by molar-refractivity contribution is 8.04. The zero-order valence-corrected chi connectivity index (χ0v) is 6.56. The third-order valence-electron chi connectivity index (χ3n) is 1.17. The van der Waals surface area contributed by atoms with Crippen molar-refractivity contribution in [1.82, 2.24) is 0 Å². The van der Waals surface area contributed by atoms with Crippen molar-refractivity contribution in [3.8, 4) is 5.40 Å². The van der Waals surface area contributed by atoms with Gasteiger partial charge in [0.05, 0.1) is 23.3 Å². The Morgan fingerprint density at radius 2 is 2.18 bits per heavy atom. The first-order valence-electron chi connectivity index (χ1n) is 3.00. The van der Waals surface area contributed by atoms with Crippen molar-refractivity contribution in [3.63, 3.8) is 0 Å². The zero-order chi connectivity index (χ0) is 8.10. The molecule has 0 amide bonds. The van der Waals surface area contributed by atoms with Crippen LogP contribution in [0.5, 0.6) is 0 Å². The van der Waals surface area contributed by atoms with Gasteiger partial charge in [-0.05, 0) is 12.1 Å². The molecule has 0 aromatic heterocycles. The number of nitrogens with zero attached hydrogens (tertiary/aromatic N) is 1. The van der Waals surface area contributed by atoms with Gasteiger partial charge in [0.25, 0.3) is 0 Å². The molecule has 0 aliphatic carbocycles. The topological polar surface area (TPSA) is 61.8 Å². The molecule has 0 saturated carbocycles. The van der Waals surface area contributed by atoms with Gasteiger partial charge in [0.15, 0.2) is 5.40 Å². The van der Waals surface area contributed by atoms with E-state index in [4.69, 9.17) is 11.0 Å². The summed E-state index contributed by atoms with van der Waals surface area (Å²) in [4.78, 5) is 0. The maximum Gasteiger partial charge on any atom is 0.155 e. The molecule has 1 aromatic rings. The molecule has 0 heterocycles. The number of rotatable bonds is 2. The Labute approximate surface area is 69.3 Å². The van der Waals surface area contributed by atoms with Crippen LogP contribution in [-0.2, 0) is 0 Å². The highest BCUT2D eigenvalue weighted by Gasteiger charge is 1.93. The number of anilines is 2. The van der Waals surface area contributed by atoms with E-state index in [1.165, 1.54) is 0 Å². The first-order chi connectivity index (χ1) is 5.34. The minimum atomic E-state index is 0.648. The molecule has 0 radical (unpaired) electrons. The summed E-state index contributed by atoms with van der Waals surface area (Å²) in [5.74, 6) is 0. The smallest absolute Gasteiger partial charge is 0.155 e. The second-order valence-electron chi connectivity index (χ2n) is 1.88. The van der Waals surface area contributed by atoms with Crippen LogP contribution >= 0.6 is 11.9 Å². The molecule has 1 rings (SSSR count). The average molecular weight is 165 g/mol. The van der Waals surface area contributed by atoms with E-state index < -0.39 is 0 Å². The minimum absolute atomic E-state index is 0.648. The van der Waals surface area contributed by atoms with Crippen LogP contribution in [0, 0.1) is 10.7 Å². The second-order valence-corrected chi connectivity index (χ2v) is 2.47. The molecule has 0 spiro atoms. The fourth-order valence-electron chi connectivity index (χ4n) is 0.668. The molecule has 0 bridgehead atoms. The lowest BCUT2D eigenvalue weighted by Crippen LogP contribution is -1.91. The summed E-state index contributed by atoms with van der Waals surface area (Å²) in [6.45, 7) is 0. The maximum atomic E-state index is 8.23. The van der Waals surface area contributed by atoms with E-state index in [0.717, 1.165) is 17.6 Å². The average Bonchev–Trinajstić information content (AvgIpc) is 2.03. The Bertz CT molecular complexity index is 279. The Morgan fingerprint density at radius 3 is 2.82 bits per heavy atom. The van der Waals surface area contributed by atoms with Gasteiger partial charge in [-0.15, -0.1) is 0 Å². The number of nitrogen functional groups attached to an aromatic ring is 1. The minimum Gasteiger partial charge on any atom is -0.397 e. The first kappa shape index (κ1) is 7.76. The monoisotopic (exact) mass is 165 g/mol. The fourth-order valence-corrected chi connectivity index (χ4v) is 1.01. The van der Waals surface area contributed by atoms with Gasteiger partial charge in [-0.2, -0.15) is 5.26 Å². The number of benzene rings is 1. The van der Waals surface area contributed by atoms with E-state index >= 15 is 0 Å². The van der Waals surface area contributed by atoms with Crippen LogP contribution in [0.15, 0.2) is 24.3 Å². The van der Waals surface area contributed by atoms with Crippen LogP contribution in [0.4, 0.5) is 11.4 Å². The number of nitrogens with one attached hydrogen (secondary N) is 1. The third kappa shape index (κ3) is 2.06. The Hall–Kier alpha value is -1.34. The van der Waals surface area contributed by atoms with Crippen molar-refractivity contribution in [1.29, 1.82) is 5.26 Å². The van der Waals surface area contributed by atoms with Crippen molar-refractivity contribution < 1.29 is 0 Å². The van der Waals surface area contributed by atoms with E-state index in [2.05, 4.69) is 4.72 Å². The molecule has 4 heteroatoms. The van der Waals surface area contributed by atoms with E-state index in [1.807, 2.05) is 23.6 Å². The molecule has 0 aliphatic rings. The fraction of sp³-hybridized carbons (Fsp3) is 0. The quantitative estimate of drug-likeness (QED) is 0.398. The zero-order valence-electron chi connectivity index (χ0n) is 5.74. The molecule has 0 saturated heterocycles. The molecule has 0 fully saturated rings. The van der Waals surface area contributed by atoms with Gasteiger partial charge < -0.3 is 10.5 Å². The van der Waals surface area contributed by atoms with Gasteiger partial charge >= 0.3 is 0 Å². The molecular formula is C7H7N3S. The van der Waals surface area contributed by atoms with Crippen molar-refractivity contribution in [2.24, 2.45) is 0 Å². The molecular weight excluding hydrogens is 158 g/mol. The van der Waals surface area contributed by atoms with Gasteiger partial charge in [0.2, 0.25) is 0 Å². The van der Waals surface area contributed by atoms with Crippen LogP contribution in [0.25, 0.3) is 0 Å². The number of para-hydroxylation sites is 2. The van der Waals surface area contributed by atoms with Crippen LogP contribution in [0.3, 0.4) is 0 Å². The third-order valence-corrected chi connectivity index (χ3v) is 1.58. The number of hydrogen-bond acceptors (Lipinski definition) is 4. The molecule has 3 nitrogen and oxygen atoms in total. The van der Waals surface area contributed by atoms with Crippen LogP contribution in [0.1, 0.15) is 0 Å². The Balaban J connectivity index is 2.71. The van der Waals surface area contributed by atoms with Crippen LogP contribution < -0.4 is 10.5 Å². The predicted octanol–water partition coefficient (Wildman–Crippen LogP) is 1.81. The van der Waals surface area contributed by atoms with Gasteiger partial charge in [0, 0.05) is 0 Å². The summed E-state index contributed by atoms with van der Waals surface area (Å²) in [6, 6.07) is 7.30. The van der Waals surface area contributed by atoms with Crippen LogP contribution in [-0.4, -0.2) is 0 Å². The van der Waals surface area contributed by atoms with E-state index in [-0.39, 0.29) is 0 Å². The van der Waals surface area contributed by atoms with Crippen molar-refractivity contribution in [2.45, 2.75) is 0 Å². The molecule has 1 aromatic carbocycles. The number of thiocyanates is 1. The number of nitriles is 1. The summed E-state index contributed by atoms with van der Waals surface area (Å²) < 4.78 is 2.79. The molecule has 0 unspecified atom stereocenters. The molecule has 0 atom stereocenters. The van der Waals surface area contributed by atoms with Gasteiger partial charge in [-0.3, -0.25) is 0 Å². The lowest BCUT2D eigenvalue weighted by atomic mass is 10.3. The molecule has 0 aliphatic heterocycles. The predicted molar refractivity (Wildman–Crippen MR) is 47.7 cm³/mol. The van der Waals surface area contributed by atoms with Crippen molar-refractivity contribution >= 4 is 23.3 Å². The maximum absolute atomic E-state index is 8.23. The number of nitrogens with two attached hydrogens (primary N) is 1. The normalized spacial score (nSPS) is 8.64. The Kier molecular flexibility index (Phi) is 2.64. The second kappa shape index (κ2) is 3.74. The number of hydrogen-bond donors (Lipinski definition) is 2. The first-order valence-corrected chi connectivity index (χ1v) is 3.81. The highest BCUT2D eigenvalue weighted by atomic mass is 32.2. The van der Waals surface area contributed by atoms with Crippen LogP contribution in [0.2, 0.25) is 0 Å². The molecule has 56 valence electrons.